The minimum atomic E-state index is -0.0860. The quantitative estimate of drug-likeness (QED) is 0.752. The van der Waals surface area contributed by atoms with Crippen molar-refractivity contribution in [2.24, 2.45) is 5.41 Å². The standard InChI is InChI=1S/C14H17ClO2/c1-13(2,3)14(8-16-14)12-11(17-12)9-4-6-10(15)7-5-9/h4-7,11-12H,8H2,1-3H3/t11-,12-,14-/m0/s1. The fraction of sp³-hybridized carbons (Fsp3) is 0.571. The molecule has 2 nitrogen and oxygen atoms in total. The predicted molar refractivity (Wildman–Crippen MR) is 67.2 cm³/mol. The van der Waals surface area contributed by atoms with Crippen molar-refractivity contribution in [3.8, 4) is 0 Å². The van der Waals surface area contributed by atoms with E-state index in [1.165, 1.54) is 5.56 Å². The van der Waals surface area contributed by atoms with Crippen LogP contribution in [0.3, 0.4) is 0 Å². The van der Waals surface area contributed by atoms with Gasteiger partial charge in [-0.1, -0.05) is 44.5 Å². The summed E-state index contributed by atoms with van der Waals surface area (Å²) in [5.74, 6) is 0. The summed E-state index contributed by atoms with van der Waals surface area (Å²) in [4.78, 5) is 0. The minimum Gasteiger partial charge on any atom is -0.366 e. The molecule has 0 bridgehead atoms. The maximum atomic E-state index is 5.88. The lowest BCUT2D eigenvalue weighted by Gasteiger charge is -2.25. The lowest BCUT2D eigenvalue weighted by atomic mass is 9.77. The molecule has 0 aromatic heterocycles. The third-order valence-electron chi connectivity index (χ3n) is 3.87. The molecule has 0 N–H and O–H groups in total. The van der Waals surface area contributed by atoms with Gasteiger partial charge in [0.05, 0.1) is 6.61 Å². The SMILES string of the molecule is CC(C)(C)[C@@]1([C@H]2O[C@H]2c2ccc(Cl)cc2)CO1. The molecule has 17 heavy (non-hydrogen) atoms. The number of ether oxygens (including phenoxy) is 2. The Bertz CT molecular complexity index is 429. The van der Waals surface area contributed by atoms with Crippen molar-refractivity contribution >= 4 is 11.6 Å². The van der Waals surface area contributed by atoms with Gasteiger partial charge >= 0.3 is 0 Å². The Labute approximate surface area is 107 Å². The highest BCUT2D eigenvalue weighted by Crippen LogP contribution is 2.58. The monoisotopic (exact) mass is 252 g/mol. The second kappa shape index (κ2) is 3.47. The average Bonchev–Trinajstić information content (AvgIpc) is 3.11. The van der Waals surface area contributed by atoms with Gasteiger partial charge < -0.3 is 9.47 Å². The second-order valence-electron chi connectivity index (χ2n) is 5.96. The maximum absolute atomic E-state index is 5.88. The minimum absolute atomic E-state index is 0.0860. The van der Waals surface area contributed by atoms with E-state index in [1.54, 1.807) is 0 Å². The predicted octanol–water partition coefficient (Wildman–Crippen LogP) is 3.60. The third kappa shape index (κ3) is 1.79. The second-order valence-corrected chi connectivity index (χ2v) is 6.39. The number of hydrogen-bond acceptors (Lipinski definition) is 2. The largest absolute Gasteiger partial charge is 0.366 e. The van der Waals surface area contributed by atoms with E-state index in [0.717, 1.165) is 11.6 Å². The molecule has 1 aromatic carbocycles. The lowest BCUT2D eigenvalue weighted by molar-refractivity contribution is 0.119. The highest BCUT2D eigenvalue weighted by atomic mass is 35.5. The molecule has 2 aliphatic heterocycles. The van der Waals surface area contributed by atoms with Crippen LogP contribution in [0.4, 0.5) is 0 Å². The van der Waals surface area contributed by atoms with E-state index in [2.05, 4.69) is 20.8 Å². The van der Waals surface area contributed by atoms with Crippen molar-refractivity contribution in [3.05, 3.63) is 34.9 Å². The third-order valence-corrected chi connectivity index (χ3v) is 4.13. The van der Waals surface area contributed by atoms with Gasteiger partial charge in [-0.3, -0.25) is 0 Å². The van der Waals surface area contributed by atoms with Crippen LogP contribution in [-0.4, -0.2) is 18.3 Å². The molecule has 0 amide bonds. The summed E-state index contributed by atoms with van der Waals surface area (Å²) in [5, 5.41) is 0.763. The number of rotatable bonds is 2. The van der Waals surface area contributed by atoms with E-state index < -0.39 is 0 Å². The first-order chi connectivity index (χ1) is 7.94. The van der Waals surface area contributed by atoms with Gasteiger partial charge in [0.15, 0.2) is 0 Å². The molecule has 2 saturated heterocycles. The van der Waals surface area contributed by atoms with E-state index in [-0.39, 0.29) is 23.2 Å². The number of epoxide rings is 2. The van der Waals surface area contributed by atoms with Gasteiger partial charge in [0.25, 0.3) is 0 Å². The Hall–Kier alpha value is -0.570. The zero-order valence-corrected chi connectivity index (χ0v) is 11.1. The molecule has 0 unspecified atom stereocenters. The molecule has 1 aromatic rings. The van der Waals surface area contributed by atoms with E-state index in [1.807, 2.05) is 24.3 Å². The van der Waals surface area contributed by atoms with E-state index >= 15 is 0 Å². The van der Waals surface area contributed by atoms with Crippen LogP contribution in [0, 0.1) is 5.41 Å². The van der Waals surface area contributed by atoms with Crippen LogP contribution in [0.15, 0.2) is 24.3 Å². The fourth-order valence-electron chi connectivity index (χ4n) is 2.47. The van der Waals surface area contributed by atoms with Crippen LogP contribution in [-0.2, 0) is 9.47 Å². The van der Waals surface area contributed by atoms with Crippen LogP contribution in [0.2, 0.25) is 5.02 Å². The van der Waals surface area contributed by atoms with Gasteiger partial charge in [0.1, 0.15) is 17.8 Å². The zero-order valence-electron chi connectivity index (χ0n) is 10.4. The highest BCUT2D eigenvalue weighted by molar-refractivity contribution is 6.30. The zero-order chi connectivity index (χ0) is 12.3. The number of benzene rings is 1. The number of halogens is 1. The van der Waals surface area contributed by atoms with Gasteiger partial charge in [-0.15, -0.1) is 0 Å². The molecule has 3 rings (SSSR count). The smallest absolute Gasteiger partial charge is 0.125 e. The van der Waals surface area contributed by atoms with Crippen LogP contribution in [0.25, 0.3) is 0 Å². The highest BCUT2D eigenvalue weighted by Gasteiger charge is 2.68. The van der Waals surface area contributed by atoms with Crippen molar-refractivity contribution in [1.82, 2.24) is 0 Å². The first-order valence-corrected chi connectivity index (χ1v) is 6.37. The van der Waals surface area contributed by atoms with E-state index in [4.69, 9.17) is 21.1 Å². The molecule has 2 aliphatic rings. The van der Waals surface area contributed by atoms with Gasteiger partial charge in [0, 0.05) is 5.02 Å². The van der Waals surface area contributed by atoms with Crippen molar-refractivity contribution in [1.29, 1.82) is 0 Å². The topological polar surface area (TPSA) is 25.1 Å². The summed E-state index contributed by atoms with van der Waals surface area (Å²) >= 11 is 5.88. The van der Waals surface area contributed by atoms with Crippen LogP contribution >= 0.6 is 11.6 Å². The fourth-order valence-corrected chi connectivity index (χ4v) is 2.60. The van der Waals surface area contributed by atoms with E-state index in [9.17, 15) is 0 Å². The van der Waals surface area contributed by atoms with E-state index in [0.29, 0.717) is 0 Å². The molecular weight excluding hydrogens is 236 g/mol. The normalized spacial score (nSPS) is 35.8. The molecule has 0 aliphatic carbocycles. The summed E-state index contributed by atoms with van der Waals surface area (Å²) in [7, 11) is 0. The summed E-state index contributed by atoms with van der Waals surface area (Å²) in [6.45, 7) is 7.44. The van der Waals surface area contributed by atoms with Crippen molar-refractivity contribution < 1.29 is 9.47 Å². The molecule has 2 fully saturated rings. The molecule has 2 heterocycles. The van der Waals surface area contributed by atoms with Crippen molar-refractivity contribution in [2.45, 2.75) is 38.6 Å². The summed E-state index contributed by atoms with van der Waals surface area (Å²) in [6.07, 6.45) is 0.373. The van der Waals surface area contributed by atoms with Gasteiger partial charge in [-0.25, -0.2) is 0 Å². The average molecular weight is 253 g/mol. The van der Waals surface area contributed by atoms with Crippen molar-refractivity contribution in [3.63, 3.8) is 0 Å². The molecule has 3 atom stereocenters. The van der Waals surface area contributed by atoms with Crippen LogP contribution < -0.4 is 0 Å². The Morgan fingerprint density at radius 2 is 1.82 bits per heavy atom. The van der Waals surface area contributed by atoms with Crippen molar-refractivity contribution in [2.75, 3.05) is 6.61 Å². The molecule has 0 saturated carbocycles. The summed E-state index contributed by atoms with van der Waals surface area (Å²) in [5.41, 5.74) is 1.23. The molecule has 0 spiro atoms. The van der Waals surface area contributed by atoms with Gasteiger partial charge in [-0.2, -0.15) is 0 Å². The summed E-state index contributed by atoms with van der Waals surface area (Å²) < 4.78 is 11.5. The molecular formula is C14H17ClO2. The number of hydrogen-bond donors (Lipinski definition) is 0. The molecule has 0 radical (unpaired) electrons. The molecule has 3 heteroatoms. The van der Waals surface area contributed by atoms with Crippen LogP contribution in [0.1, 0.15) is 32.4 Å². The van der Waals surface area contributed by atoms with Gasteiger partial charge in [-0.05, 0) is 23.1 Å². The Kier molecular flexibility index (Phi) is 2.35. The van der Waals surface area contributed by atoms with Crippen LogP contribution in [0.5, 0.6) is 0 Å². The summed E-state index contributed by atoms with van der Waals surface area (Å²) in [6, 6.07) is 7.89. The first-order valence-electron chi connectivity index (χ1n) is 5.99. The lowest BCUT2D eigenvalue weighted by Crippen LogP contribution is -2.36. The Morgan fingerprint density at radius 3 is 2.29 bits per heavy atom. The molecule has 92 valence electrons. The van der Waals surface area contributed by atoms with Gasteiger partial charge in [0.2, 0.25) is 0 Å². The Balaban J connectivity index is 1.77. The first kappa shape index (κ1) is 11.5. The Morgan fingerprint density at radius 1 is 1.24 bits per heavy atom. The maximum Gasteiger partial charge on any atom is 0.125 e.